The Morgan fingerprint density at radius 2 is 1.96 bits per heavy atom. The number of aromatic nitrogens is 1. The molecular formula is C17H14ClN3O3S. The molecule has 0 aliphatic carbocycles. The van der Waals surface area contributed by atoms with E-state index in [1.165, 1.54) is 25.4 Å². The normalized spacial score (nSPS) is 10.5. The fourth-order valence-corrected chi connectivity index (χ4v) is 3.39. The highest BCUT2D eigenvalue weighted by molar-refractivity contribution is 7.22. The van der Waals surface area contributed by atoms with Gasteiger partial charge in [-0.1, -0.05) is 22.9 Å². The fourth-order valence-electron chi connectivity index (χ4n) is 2.26. The summed E-state index contributed by atoms with van der Waals surface area (Å²) in [7, 11) is 1.49. The minimum absolute atomic E-state index is 0.180. The van der Waals surface area contributed by atoms with E-state index < -0.39 is 0 Å². The van der Waals surface area contributed by atoms with Crippen molar-refractivity contribution < 1.29 is 14.3 Å². The third-order valence-corrected chi connectivity index (χ3v) is 4.50. The molecule has 0 aliphatic heterocycles. The second-order valence-electron chi connectivity index (χ2n) is 5.18. The minimum Gasteiger partial charge on any atom is -0.496 e. The molecule has 1 aromatic heterocycles. The number of benzene rings is 2. The highest BCUT2D eigenvalue weighted by atomic mass is 35.5. The van der Waals surface area contributed by atoms with Crippen molar-refractivity contribution in [2.75, 3.05) is 17.7 Å². The van der Waals surface area contributed by atoms with Gasteiger partial charge in [0.05, 0.1) is 22.9 Å². The molecule has 0 fully saturated rings. The van der Waals surface area contributed by atoms with E-state index in [0.29, 0.717) is 27.2 Å². The summed E-state index contributed by atoms with van der Waals surface area (Å²) >= 11 is 7.30. The summed E-state index contributed by atoms with van der Waals surface area (Å²) < 4.78 is 6.05. The molecule has 8 heteroatoms. The van der Waals surface area contributed by atoms with E-state index in [4.69, 9.17) is 16.3 Å². The number of hydrogen-bond donors (Lipinski definition) is 2. The summed E-state index contributed by atoms with van der Waals surface area (Å²) in [6.45, 7) is 1.43. The molecule has 3 aromatic rings. The molecule has 0 saturated carbocycles. The van der Waals surface area contributed by atoms with Gasteiger partial charge in [-0.3, -0.25) is 9.59 Å². The van der Waals surface area contributed by atoms with Crippen LogP contribution in [0, 0.1) is 0 Å². The monoisotopic (exact) mass is 375 g/mol. The molecule has 3 rings (SSSR count). The number of rotatable bonds is 4. The van der Waals surface area contributed by atoms with Crippen molar-refractivity contribution >= 4 is 55.8 Å². The minimum atomic E-state index is -0.328. The zero-order valence-electron chi connectivity index (χ0n) is 13.4. The van der Waals surface area contributed by atoms with Crippen molar-refractivity contribution in [1.82, 2.24) is 4.98 Å². The average molecular weight is 376 g/mol. The molecule has 0 unspecified atom stereocenters. The van der Waals surface area contributed by atoms with Crippen LogP contribution in [-0.2, 0) is 4.79 Å². The van der Waals surface area contributed by atoms with Crippen LogP contribution in [-0.4, -0.2) is 23.9 Å². The number of amides is 2. The Morgan fingerprint density at radius 1 is 1.16 bits per heavy atom. The molecule has 0 atom stereocenters. The number of nitrogens with zero attached hydrogens (tertiary/aromatic N) is 1. The first kappa shape index (κ1) is 17.2. The van der Waals surface area contributed by atoms with Crippen LogP contribution < -0.4 is 15.4 Å². The molecule has 2 N–H and O–H groups in total. The van der Waals surface area contributed by atoms with Crippen LogP contribution >= 0.6 is 22.9 Å². The lowest BCUT2D eigenvalue weighted by Gasteiger charge is -2.09. The molecule has 0 saturated heterocycles. The van der Waals surface area contributed by atoms with Crippen molar-refractivity contribution in [3.05, 3.63) is 47.0 Å². The topological polar surface area (TPSA) is 80.3 Å². The molecule has 6 nitrogen and oxygen atoms in total. The van der Waals surface area contributed by atoms with Gasteiger partial charge in [-0.05, 0) is 36.4 Å². The Morgan fingerprint density at radius 3 is 2.68 bits per heavy atom. The van der Waals surface area contributed by atoms with Gasteiger partial charge in [0.2, 0.25) is 5.91 Å². The van der Waals surface area contributed by atoms with Crippen molar-refractivity contribution in [3.63, 3.8) is 0 Å². The number of thiazole rings is 1. The van der Waals surface area contributed by atoms with Crippen molar-refractivity contribution in [2.24, 2.45) is 0 Å². The van der Waals surface area contributed by atoms with E-state index in [1.807, 2.05) is 0 Å². The predicted molar refractivity (Wildman–Crippen MR) is 99.9 cm³/mol. The molecule has 25 heavy (non-hydrogen) atoms. The molecule has 0 aliphatic rings. The van der Waals surface area contributed by atoms with Crippen molar-refractivity contribution in [2.45, 2.75) is 6.92 Å². The highest BCUT2D eigenvalue weighted by Gasteiger charge is 2.14. The van der Waals surface area contributed by atoms with Crippen LogP contribution in [0.4, 0.5) is 10.8 Å². The molecule has 0 bridgehead atoms. The maximum atomic E-state index is 12.5. The number of carbonyl (C=O) groups excluding carboxylic acids is 2. The van der Waals surface area contributed by atoms with Crippen LogP contribution in [0.5, 0.6) is 5.75 Å². The summed E-state index contributed by atoms with van der Waals surface area (Å²) in [5.74, 6) is -0.0698. The Labute approximate surface area is 152 Å². The fraction of sp³-hybridized carbons (Fsp3) is 0.118. The van der Waals surface area contributed by atoms with Gasteiger partial charge in [0.1, 0.15) is 5.75 Å². The number of carbonyl (C=O) groups is 2. The molecule has 128 valence electrons. The zero-order chi connectivity index (χ0) is 18.0. The Bertz CT molecular complexity index is 971. The van der Waals surface area contributed by atoms with Crippen LogP contribution in [0.15, 0.2) is 36.4 Å². The van der Waals surface area contributed by atoms with E-state index in [9.17, 15) is 9.59 Å². The van der Waals surface area contributed by atoms with Gasteiger partial charge >= 0.3 is 0 Å². The molecule has 1 heterocycles. The maximum absolute atomic E-state index is 12.5. The van der Waals surface area contributed by atoms with E-state index >= 15 is 0 Å². The van der Waals surface area contributed by atoms with Crippen molar-refractivity contribution in [3.8, 4) is 5.75 Å². The van der Waals surface area contributed by atoms with Gasteiger partial charge in [0.15, 0.2) is 5.13 Å². The zero-order valence-corrected chi connectivity index (χ0v) is 15.0. The van der Waals surface area contributed by atoms with Gasteiger partial charge in [-0.2, -0.15) is 0 Å². The smallest absolute Gasteiger partial charge is 0.259 e. The third kappa shape index (κ3) is 3.89. The molecular weight excluding hydrogens is 362 g/mol. The third-order valence-electron chi connectivity index (χ3n) is 3.34. The Hall–Kier alpha value is -2.64. The summed E-state index contributed by atoms with van der Waals surface area (Å²) in [5.41, 5.74) is 1.70. The number of anilines is 2. The standard InChI is InChI=1S/C17H14ClN3O3S/c1-9(22)19-17-21-13-5-4-11(8-15(13)25-17)20-16(23)12-7-10(18)3-6-14(12)24-2/h3-8H,1-2H3,(H,20,23)(H,19,21,22). The number of methoxy groups -OCH3 is 1. The molecule has 2 amide bonds. The predicted octanol–water partition coefficient (Wildman–Crippen LogP) is 4.17. The first-order chi connectivity index (χ1) is 12.0. The lowest BCUT2D eigenvalue weighted by atomic mass is 10.2. The van der Waals surface area contributed by atoms with Crippen LogP contribution in [0.2, 0.25) is 5.02 Å². The summed E-state index contributed by atoms with van der Waals surface area (Å²) in [6.07, 6.45) is 0. The van der Waals surface area contributed by atoms with Crippen LogP contribution in [0.1, 0.15) is 17.3 Å². The summed E-state index contributed by atoms with van der Waals surface area (Å²) in [6, 6.07) is 10.2. The second kappa shape index (κ2) is 7.08. The van der Waals surface area contributed by atoms with Crippen molar-refractivity contribution in [1.29, 1.82) is 0 Å². The highest BCUT2D eigenvalue weighted by Crippen LogP contribution is 2.29. The van der Waals surface area contributed by atoms with Gasteiger partial charge in [-0.15, -0.1) is 0 Å². The number of ether oxygens (including phenoxy) is 1. The molecule has 0 radical (unpaired) electrons. The van der Waals surface area contributed by atoms with E-state index in [2.05, 4.69) is 15.6 Å². The Kier molecular flexibility index (Phi) is 4.87. The van der Waals surface area contributed by atoms with Gasteiger partial charge in [-0.25, -0.2) is 4.98 Å². The first-order valence-corrected chi connectivity index (χ1v) is 8.49. The number of halogens is 1. The molecule has 2 aromatic carbocycles. The summed E-state index contributed by atoms with van der Waals surface area (Å²) in [4.78, 5) is 27.9. The van der Waals surface area contributed by atoms with Gasteiger partial charge in [0, 0.05) is 17.6 Å². The average Bonchev–Trinajstić information content (AvgIpc) is 2.95. The van der Waals surface area contributed by atoms with Crippen LogP contribution in [0.25, 0.3) is 10.2 Å². The Balaban J connectivity index is 1.86. The SMILES string of the molecule is COc1ccc(Cl)cc1C(=O)Nc1ccc2nc(NC(C)=O)sc2c1. The quantitative estimate of drug-likeness (QED) is 0.717. The maximum Gasteiger partial charge on any atom is 0.259 e. The summed E-state index contributed by atoms with van der Waals surface area (Å²) in [5, 5.41) is 6.43. The van der Waals surface area contributed by atoms with Gasteiger partial charge < -0.3 is 15.4 Å². The number of nitrogens with one attached hydrogen (secondary N) is 2. The molecule has 0 spiro atoms. The number of fused-ring (bicyclic) bond motifs is 1. The second-order valence-corrected chi connectivity index (χ2v) is 6.65. The van der Waals surface area contributed by atoms with E-state index in [-0.39, 0.29) is 11.8 Å². The van der Waals surface area contributed by atoms with E-state index in [1.54, 1.807) is 36.4 Å². The number of hydrogen-bond acceptors (Lipinski definition) is 5. The van der Waals surface area contributed by atoms with Crippen LogP contribution in [0.3, 0.4) is 0 Å². The lowest BCUT2D eigenvalue weighted by Crippen LogP contribution is -2.13. The lowest BCUT2D eigenvalue weighted by molar-refractivity contribution is -0.114. The largest absolute Gasteiger partial charge is 0.496 e. The van der Waals surface area contributed by atoms with E-state index in [0.717, 1.165) is 10.2 Å². The van der Waals surface area contributed by atoms with Gasteiger partial charge in [0.25, 0.3) is 5.91 Å². The first-order valence-electron chi connectivity index (χ1n) is 7.29.